The molecule has 30 heavy (non-hydrogen) atoms. The number of benzene rings is 2. The quantitative estimate of drug-likeness (QED) is 0.514. The van der Waals surface area contributed by atoms with E-state index in [2.05, 4.69) is 20.0 Å². The maximum atomic E-state index is 12.4. The molecule has 2 N–H and O–H groups in total. The number of carbonyl (C=O) groups is 1. The van der Waals surface area contributed by atoms with Crippen LogP contribution >= 0.6 is 11.8 Å². The second kappa shape index (κ2) is 8.11. The third-order valence-corrected chi connectivity index (χ3v) is 5.47. The number of hydrogen-bond donors (Lipinski definition) is 1. The Balaban J connectivity index is 1.68. The molecular formula is C21H20N6O2S. The minimum atomic E-state index is -0.186. The van der Waals surface area contributed by atoms with Crippen LogP contribution in [0.2, 0.25) is 0 Å². The molecule has 9 heteroatoms. The van der Waals surface area contributed by atoms with Gasteiger partial charge in [-0.3, -0.25) is 4.79 Å². The average molecular weight is 420 g/mol. The first-order valence-electron chi connectivity index (χ1n) is 9.22. The molecule has 8 nitrogen and oxygen atoms in total. The van der Waals surface area contributed by atoms with Crippen LogP contribution in [-0.4, -0.2) is 44.8 Å². The van der Waals surface area contributed by atoms with E-state index in [1.165, 1.54) is 16.7 Å². The second-order valence-electron chi connectivity index (χ2n) is 6.71. The molecule has 0 atom stereocenters. The smallest absolute Gasteiger partial charge is 0.253 e. The van der Waals surface area contributed by atoms with Crippen LogP contribution in [0.1, 0.15) is 11.3 Å². The van der Waals surface area contributed by atoms with Crippen LogP contribution in [0.3, 0.4) is 0 Å². The molecule has 0 radical (unpaired) electrons. The van der Waals surface area contributed by atoms with Gasteiger partial charge in [0.15, 0.2) is 5.17 Å². The van der Waals surface area contributed by atoms with E-state index in [-0.39, 0.29) is 23.6 Å². The largest absolute Gasteiger partial charge is 0.497 e. The average Bonchev–Trinajstić information content (AvgIpc) is 3.09. The van der Waals surface area contributed by atoms with E-state index in [0.717, 1.165) is 28.1 Å². The Morgan fingerprint density at radius 1 is 1.17 bits per heavy atom. The summed E-state index contributed by atoms with van der Waals surface area (Å²) in [4.78, 5) is 31.4. The fourth-order valence-electron chi connectivity index (χ4n) is 2.97. The van der Waals surface area contributed by atoms with E-state index in [1.54, 1.807) is 7.11 Å². The highest BCUT2D eigenvalue weighted by molar-refractivity contribution is 8.15. The number of aryl methyl sites for hydroxylation is 2. The summed E-state index contributed by atoms with van der Waals surface area (Å²) in [5.41, 5.74) is 9.49. The Hall–Kier alpha value is -3.46. The SMILES string of the molecule is COc1ccc2nc(/N=C(\N)N3C(=O)CSC3=Nc3ccc(C)cc3)nc(C)c2c1. The number of hydrogen-bond acceptors (Lipinski definition) is 7. The van der Waals surface area contributed by atoms with Gasteiger partial charge < -0.3 is 10.5 Å². The molecule has 0 unspecified atom stereocenters. The Labute approximate surface area is 177 Å². The van der Waals surface area contributed by atoms with Gasteiger partial charge in [-0.2, -0.15) is 4.99 Å². The molecule has 4 rings (SSSR count). The zero-order valence-electron chi connectivity index (χ0n) is 16.8. The molecule has 2 heterocycles. The minimum absolute atomic E-state index is 0.0110. The first-order valence-corrected chi connectivity index (χ1v) is 10.2. The molecule has 0 bridgehead atoms. The van der Waals surface area contributed by atoms with Crippen molar-refractivity contribution in [3.05, 3.63) is 53.7 Å². The van der Waals surface area contributed by atoms with Crippen molar-refractivity contribution >= 4 is 51.3 Å². The maximum absolute atomic E-state index is 12.4. The summed E-state index contributed by atoms with van der Waals surface area (Å²) in [7, 11) is 1.61. The molecule has 3 aromatic rings. The molecule has 0 saturated carbocycles. The molecule has 1 amide bonds. The number of fused-ring (bicyclic) bond motifs is 1. The van der Waals surface area contributed by atoms with Crippen molar-refractivity contribution in [1.82, 2.24) is 14.9 Å². The molecule has 1 fully saturated rings. The second-order valence-corrected chi connectivity index (χ2v) is 7.65. The van der Waals surface area contributed by atoms with E-state index in [9.17, 15) is 4.79 Å². The van der Waals surface area contributed by atoms with Crippen LogP contribution < -0.4 is 10.5 Å². The van der Waals surface area contributed by atoms with Gasteiger partial charge in [-0.25, -0.2) is 19.9 Å². The summed E-state index contributed by atoms with van der Waals surface area (Å²) in [6, 6.07) is 13.2. The lowest BCUT2D eigenvalue weighted by molar-refractivity contribution is -0.121. The van der Waals surface area contributed by atoms with E-state index >= 15 is 0 Å². The summed E-state index contributed by atoms with van der Waals surface area (Å²) >= 11 is 1.32. The first-order chi connectivity index (χ1) is 14.4. The van der Waals surface area contributed by atoms with Crippen molar-refractivity contribution < 1.29 is 9.53 Å². The number of nitrogens with two attached hydrogens (primary N) is 1. The number of carbonyl (C=O) groups excluding carboxylic acids is 1. The topological polar surface area (TPSA) is 106 Å². The number of nitrogens with zero attached hydrogens (tertiary/aromatic N) is 5. The monoisotopic (exact) mass is 420 g/mol. The number of methoxy groups -OCH3 is 1. The third kappa shape index (κ3) is 3.97. The highest BCUT2D eigenvalue weighted by atomic mass is 32.2. The summed E-state index contributed by atoms with van der Waals surface area (Å²) in [5.74, 6) is 0.958. The van der Waals surface area contributed by atoms with Crippen molar-refractivity contribution in [2.75, 3.05) is 12.9 Å². The van der Waals surface area contributed by atoms with E-state index < -0.39 is 0 Å². The zero-order chi connectivity index (χ0) is 21.3. The van der Waals surface area contributed by atoms with Crippen molar-refractivity contribution in [3.63, 3.8) is 0 Å². The molecule has 1 aliphatic heterocycles. The number of aromatic nitrogens is 2. The molecular weight excluding hydrogens is 400 g/mol. The molecule has 1 saturated heterocycles. The molecule has 152 valence electrons. The Kier molecular flexibility index (Phi) is 5.37. The van der Waals surface area contributed by atoms with Gasteiger partial charge in [0.2, 0.25) is 11.9 Å². The van der Waals surface area contributed by atoms with Gasteiger partial charge in [0.1, 0.15) is 5.75 Å². The first kappa shape index (κ1) is 19.8. The van der Waals surface area contributed by atoms with Crippen LogP contribution in [-0.2, 0) is 4.79 Å². The van der Waals surface area contributed by atoms with Gasteiger partial charge in [0, 0.05) is 5.39 Å². The van der Waals surface area contributed by atoms with Crippen molar-refractivity contribution in [2.24, 2.45) is 15.7 Å². The lowest BCUT2D eigenvalue weighted by Crippen LogP contribution is -2.41. The van der Waals surface area contributed by atoms with Gasteiger partial charge in [0.25, 0.3) is 5.95 Å². The summed E-state index contributed by atoms with van der Waals surface area (Å²) in [6.45, 7) is 3.86. The molecule has 2 aromatic carbocycles. The summed E-state index contributed by atoms with van der Waals surface area (Å²) in [6.07, 6.45) is 0. The van der Waals surface area contributed by atoms with Crippen LogP contribution in [0.4, 0.5) is 11.6 Å². The van der Waals surface area contributed by atoms with E-state index in [4.69, 9.17) is 10.5 Å². The number of rotatable bonds is 3. The number of aliphatic imine (C=N–C) groups is 2. The Morgan fingerprint density at radius 2 is 1.93 bits per heavy atom. The van der Waals surface area contributed by atoms with Crippen LogP contribution in [0, 0.1) is 13.8 Å². The van der Waals surface area contributed by atoms with Gasteiger partial charge in [-0.15, -0.1) is 0 Å². The normalized spacial score (nSPS) is 16.0. The van der Waals surface area contributed by atoms with Crippen LogP contribution in [0.15, 0.2) is 52.4 Å². The van der Waals surface area contributed by atoms with Crippen LogP contribution in [0.25, 0.3) is 10.9 Å². The van der Waals surface area contributed by atoms with E-state index in [1.807, 2.05) is 56.3 Å². The maximum Gasteiger partial charge on any atom is 0.253 e. The number of amidine groups is 1. The zero-order valence-corrected chi connectivity index (χ0v) is 17.6. The number of ether oxygens (including phenoxy) is 1. The van der Waals surface area contributed by atoms with Gasteiger partial charge in [0.05, 0.1) is 29.8 Å². The summed E-state index contributed by atoms with van der Waals surface area (Å²) < 4.78 is 5.26. The molecule has 0 spiro atoms. The third-order valence-electron chi connectivity index (χ3n) is 4.55. The lowest BCUT2D eigenvalue weighted by Gasteiger charge is -2.14. The van der Waals surface area contributed by atoms with Crippen molar-refractivity contribution in [3.8, 4) is 5.75 Å². The standard InChI is InChI=1S/C21H20N6O2S/c1-12-4-6-14(7-5-12)24-21-27(18(28)11-30-21)19(22)26-20-23-13(2)16-10-15(29-3)8-9-17(16)25-20/h4-10H,11H2,1-3H3,(H2,22,23,25,26). The fraction of sp³-hybridized carbons (Fsp3) is 0.190. The lowest BCUT2D eigenvalue weighted by atomic mass is 10.2. The Morgan fingerprint density at radius 3 is 2.67 bits per heavy atom. The Bertz CT molecular complexity index is 1190. The van der Waals surface area contributed by atoms with Gasteiger partial charge in [-0.1, -0.05) is 29.5 Å². The van der Waals surface area contributed by atoms with Crippen LogP contribution in [0.5, 0.6) is 5.75 Å². The van der Waals surface area contributed by atoms with Gasteiger partial charge >= 0.3 is 0 Å². The fourth-order valence-corrected chi connectivity index (χ4v) is 3.85. The molecule has 1 aromatic heterocycles. The van der Waals surface area contributed by atoms with Gasteiger partial charge in [-0.05, 0) is 44.2 Å². The van der Waals surface area contributed by atoms with E-state index in [0.29, 0.717) is 10.7 Å². The number of amides is 1. The predicted octanol–water partition coefficient (Wildman–Crippen LogP) is 3.46. The summed E-state index contributed by atoms with van der Waals surface area (Å²) in [5, 5.41) is 1.34. The van der Waals surface area contributed by atoms with Crippen molar-refractivity contribution in [2.45, 2.75) is 13.8 Å². The highest BCUT2D eigenvalue weighted by Gasteiger charge is 2.31. The predicted molar refractivity (Wildman–Crippen MR) is 120 cm³/mol. The number of thioether (sulfide) groups is 1. The highest BCUT2D eigenvalue weighted by Crippen LogP contribution is 2.26. The van der Waals surface area contributed by atoms with Crippen molar-refractivity contribution in [1.29, 1.82) is 0 Å². The number of guanidine groups is 1. The minimum Gasteiger partial charge on any atom is -0.497 e. The molecule has 1 aliphatic rings. The molecule has 0 aliphatic carbocycles.